The molecule has 5 heteroatoms. The highest BCUT2D eigenvalue weighted by atomic mass is 35.5. The molecule has 3 nitrogen and oxygen atoms in total. The standard InChI is InChI=1S/C23H20ClNO2S/c24-19-12-10-18(11-13-19)22(26)25-14-15-28-23(25)20-8-4-5-9-21(20)27-16-17-6-2-1-3-7-17/h1-13,23H,14-16H2. The normalized spacial score (nSPS) is 16.2. The molecule has 1 heterocycles. The Morgan fingerprint density at radius 1 is 1.00 bits per heavy atom. The molecule has 3 aromatic carbocycles. The third-order valence-corrected chi connectivity index (χ3v) is 6.16. The van der Waals surface area contributed by atoms with E-state index in [1.54, 1.807) is 36.0 Å². The first kappa shape index (κ1) is 18.9. The van der Waals surface area contributed by atoms with Crippen LogP contribution in [-0.2, 0) is 6.61 Å². The van der Waals surface area contributed by atoms with Gasteiger partial charge in [0, 0.05) is 28.4 Å². The molecular formula is C23H20ClNO2S. The Balaban J connectivity index is 1.55. The van der Waals surface area contributed by atoms with Crippen LogP contribution in [0.25, 0.3) is 0 Å². The molecule has 1 saturated heterocycles. The zero-order valence-corrected chi connectivity index (χ0v) is 16.8. The summed E-state index contributed by atoms with van der Waals surface area (Å²) >= 11 is 7.73. The first-order valence-electron chi connectivity index (χ1n) is 9.16. The number of ether oxygens (including phenoxy) is 1. The fourth-order valence-electron chi connectivity index (χ4n) is 3.25. The highest BCUT2D eigenvalue weighted by Crippen LogP contribution is 2.42. The number of hydrogen-bond acceptors (Lipinski definition) is 3. The van der Waals surface area contributed by atoms with Crippen molar-refractivity contribution >= 4 is 29.3 Å². The number of amides is 1. The van der Waals surface area contributed by atoms with E-state index in [0.717, 1.165) is 22.6 Å². The van der Waals surface area contributed by atoms with Gasteiger partial charge in [-0.1, -0.05) is 60.1 Å². The maximum atomic E-state index is 13.1. The number of para-hydroxylation sites is 1. The second kappa shape index (κ2) is 8.72. The average molecular weight is 410 g/mol. The average Bonchev–Trinajstić information content (AvgIpc) is 3.23. The van der Waals surface area contributed by atoms with Gasteiger partial charge in [0.05, 0.1) is 0 Å². The maximum Gasteiger partial charge on any atom is 0.255 e. The molecule has 1 fully saturated rings. The summed E-state index contributed by atoms with van der Waals surface area (Å²) < 4.78 is 6.12. The van der Waals surface area contributed by atoms with Gasteiger partial charge >= 0.3 is 0 Å². The minimum atomic E-state index is -0.0600. The van der Waals surface area contributed by atoms with Crippen LogP contribution in [0, 0.1) is 0 Å². The first-order valence-corrected chi connectivity index (χ1v) is 10.6. The Hall–Kier alpha value is -2.43. The second-order valence-corrected chi connectivity index (χ2v) is 8.17. The summed E-state index contributed by atoms with van der Waals surface area (Å²) in [7, 11) is 0. The molecule has 0 bridgehead atoms. The van der Waals surface area contributed by atoms with Crippen molar-refractivity contribution < 1.29 is 9.53 Å². The van der Waals surface area contributed by atoms with Crippen LogP contribution in [0.5, 0.6) is 5.75 Å². The maximum absolute atomic E-state index is 13.1. The number of carbonyl (C=O) groups is 1. The molecule has 0 aromatic heterocycles. The molecule has 0 saturated carbocycles. The largest absolute Gasteiger partial charge is 0.489 e. The Morgan fingerprint density at radius 2 is 1.71 bits per heavy atom. The van der Waals surface area contributed by atoms with Gasteiger partial charge in [-0.2, -0.15) is 0 Å². The van der Waals surface area contributed by atoms with Gasteiger partial charge in [-0.15, -0.1) is 11.8 Å². The molecule has 1 aliphatic rings. The zero-order chi connectivity index (χ0) is 19.3. The predicted molar refractivity (Wildman–Crippen MR) is 115 cm³/mol. The molecule has 0 N–H and O–H groups in total. The second-order valence-electron chi connectivity index (χ2n) is 6.54. The van der Waals surface area contributed by atoms with Gasteiger partial charge in [0.25, 0.3) is 5.91 Å². The lowest BCUT2D eigenvalue weighted by Gasteiger charge is -2.26. The smallest absolute Gasteiger partial charge is 0.255 e. The number of thioether (sulfide) groups is 1. The lowest BCUT2D eigenvalue weighted by Crippen LogP contribution is -2.30. The summed E-state index contributed by atoms with van der Waals surface area (Å²) in [5.41, 5.74) is 2.80. The van der Waals surface area contributed by atoms with Gasteiger partial charge in [0.2, 0.25) is 0 Å². The molecule has 0 spiro atoms. The molecule has 1 unspecified atom stereocenters. The van der Waals surface area contributed by atoms with E-state index in [-0.39, 0.29) is 11.3 Å². The number of halogens is 1. The van der Waals surface area contributed by atoms with Crippen molar-refractivity contribution in [3.05, 3.63) is 101 Å². The van der Waals surface area contributed by atoms with Gasteiger partial charge in [0.1, 0.15) is 17.7 Å². The zero-order valence-electron chi connectivity index (χ0n) is 15.3. The Kier molecular flexibility index (Phi) is 5.89. The van der Waals surface area contributed by atoms with E-state index in [1.165, 1.54) is 0 Å². The van der Waals surface area contributed by atoms with Crippen molar-refractivity contribution in [1.82, 2.24) is 4.90 Å². The van der Waals surface area contributed by atoms with Crippen LogP contribution in [0.1, 0.15) is 26.9 Å². The van der Waals surface area contributed by atoms with Crippen LogP contribution in [0.2, 0.25) is 5.02 Å². The molecule has 0 aliphatic carbocycles. The third kappa shape index (κ3) is 4.18. The molecule has 142 valence electrons. The van der Waals surface area contributed by atoms with Gasteiger partial charge in [0.15, 0.2) is 0 Å². The molecule has 4 rings (SSSR count). The highest BCUT2D eigenvalue weighted by Gasteiger charge is 2.33. The van der Waals surface area contributed by atoms with Crippen LogP contribution in [0.3, 0.4) is 0 Å². The van der Waals surface area contributed by atoms with Gasteiger partial charge < -0.3 is 9.64 Å². The number of benzene rings is 3. The first-order chi connectivity index (χ1) is 13.7. The fraction of sp³-hybridized carbons (Fsp3) is 0.174. The number of carbonyl (C=O) groups excluding carboxylic acids is 1. The van der Waals surface area contributed by atoms with Crippen LogP contribution >= 0.6 is 23.4 Å². The van der Waals surface area contributed by atoms with Crippen LogP contribution < -0.4 is 4.74 Å². The molecule has 3 aromatic rings. The summed E-state index contributed by atoms with van der Waals surface area (Å²) in [5, 5.41) is 0.568. The minimum absolute atomic E-state index is 0.0181. The van der Waals surface area contributed by atoms with E-state index < -0.39 is 0 Å². The van der Waals surface area contributed by atoms with E-state index in [9.17, 15) is 4.79 Å². The Bertz CT molecular complexity index is 946. The van der Waals surface area contributed by atoms with Crippen molar-refractivity contribution in [2.24, 2.45) is 0 Å². The van der Waals surface area contributed by atoms with Crippen LogP contribution in [0.4, 0.5) is 0 Å². The lowest BCUT2D eigenvalue weighted by molar-refractivity contribution is 0.0759. The SMILES string of the molecule is O=C(c1ccc(Cl)cc1)N1CCSC1c1ccccc1OCc1ccccc1. The molecule has 0 radical (unpaired) electrons. The van der Waals surface area contributed by atoms with Crippen molar-refractivity contribution in [3.8, 4) is 5.75 Å². The summed E-state index contributed by atoms with van der Waals surface area (Å²) in [6, 6.07) is 25.1. The number of hydrogen-bond donors (Lipinski definition) is 0. The van der Waals surface area contributed by atoms with Crippen LogP contribution in [-0.4, -0.2) is 23.1 Å². The minimum Gasteiger partial charge on any atom is -0.489 e. The summed E-state index contributed by atoms with van der Waals surface area (Å²) in [6.07, 6.45) is 0. The van der Waals surface area contributed by atoms with Crippen LogP contribution in [0.15, 0.2) is 78.9 Å². The fourth-order valence-corrected chi connectivity index (χ4v) is 4.65. The van der Waals surface area contributed by atoms with E-state index in [2.05, 4.69) is 0 Å². The van der Waals surface area contributed by atoms with Crippen molar-refractivity contribution in [3.63, 3.8) is 0 Å². The van der Waals surface area contributed by atoms with Gasteiger partial charge in [-0.25, -0.2) is 0 Å². The van der Waals surface area contributed by atoms with E-state index in [1.807, 2.05) is 59.5 Å². The summed E-state index contributed by atoms with van der Waals surface area (Å²) in [6.45, 7) is 1.21. The Labute approximate surface area is 174 Å². The topological polar surface area (TPSA) is 29.5 Å². The van der Waals surface area contributed by atoms with Gasteiger partial charge in [-0.05, 0) is 35.9 Å². The monoisotopic (exact) mass is 409 g/mol. The van der Waals surface area contributed by atoms with E-state index in [0.29, 0.717) is 23.7 Å². The van der Waals surface area contributed by atoms with E-state index >= 15 is 0 Å². The Morgan fingerprint density at radius 3 is 2.50 bits per heavy atom. The van der Waals surface area contributed by atoms with Crippen molar-refractivity contribution in [2.75, 3.05) is 12.3 Å². The molecule has 28 heavy (non-hydrogen) atoms. The summed E-state index contributed by atoms with van der Waals surface area (Å²) in [5.74, 6) is 1.74. The van der Waals surface area contributed by atoms with E-state index in [4.69, 9.17) is 16.3 Å². The molecule has 1 aliphatic heterocycles. The number of rotatable bonds is 5. The number of nitrogens with zero attached hydrogens (tertiary/aromatic N) is 1. The third-order valence-electron chi connectivity index (χ3n) is 4.67. The molecular weight excluding hydrogens is 390 g/mol. The molecule has 1 atom stereocenters. The highest BCUT2D eigenvalue weighted by molar-refractivity contribution is 7.99. The lowest BCUT2D eigenvalue weighted by atomic mass is 10.1. The van der Waals surface area contributed by atoms with Crippen molar-refractivity contribution in [2.45, 2.75) is 12.0 Å². The quantitative estimate of drug-likeness (QED) is 0.532. The van der Waals surface area contributed by atoms with Gasteiger partial charge in [-0.3, -0.25) is 4.79 Å². The molecule has 1 amide bonds. The predicted octanol–water partition coefficient (Wildman–Crippen LogP) is 5.81. The summed E-state index contributed by atoms with van der Waals surface area (Å²) in [4.78, 5) is 15.0. The van der Waals surface area contributed by atoms with Crippen molar-refractivity contribution in [1.29, 1.82) is 0 Å².